The molecule has 0 aromatic rings. The Morgan fingerprint density at radius 2 is 2.46 bits per heavy atom. The van der Waals surface area contributed by atoms with Gasteiger partial charge in [-0.3, -0.25) is 4.79 Å². The summed E-state index contributed by atoms with van der Waals surface area (Å²) >= 11 is 0. The minimum atomic E-state index is -0.908. The van der Waals surface area contributed by atoms with Crippen LogP contribution in [0.15, 0.2) is 0 Å². The van der Waals surface area contributed by atoms with E-state index in [1.807, 2.05) is 0 Å². The second-order valence-corrected chi connectivity index (χ2v) is 4.25. The van der Waals surface area contributed by atoms with Crippen LogP contribution in [0, 0.1) is 28.6 Å². The lowest BCUT2D eigenvalue weighted by Crippen LogP contribution is -2.36. The van der Waals surface area contributed by atoms with Crippen LogP contribution in [0.4, 0.5) is 0 Å². The number of ether oxygens (including phenoxy) is 1. The van der Waals surface area contributed by atoms with Crippen LogP contribution < -0.4 is 0 Å². The maximum absolute atomic E-state index is 11.4. The molecule has 0 spiro atoms. The zero-order valence-corrected chi connectivity index (χ0v) is 6.93. The largest absolute Gasteiger partial charge is 0.458 e. The third-order valence-electron chi connectivity index (χ3n) is 3.80. The van der Waals surface area contributed by atoms with Gasteiger partial charge in [-0.2, -0.15) is 5.26 Å². The van der Waals surface area contributed by atoms with E-state index in [9.17, 15) is 9.90 Å². The van der Waals surface area contributed by atoms with Gasteiger partial charge in [-0.25, -0.2) is 0 Å². The van der Waals surface area contributed by atoms with Gasteiger partial charge in [0.2, 0.25) is 0 Å². The Bertz CT molecular complexity index is 334. The highest BCUT2D eigenvalue weighted by Crippen LogP contribution is 2.61. The monoisotopic (exact) mass is 179 g/mol. The number of nitriles is 1. The van der Waals surface area contributed by atoms with Crippen LogP contribution in [0.1, 0.15) is 12.8 Å². The predicted octanol–water partition coefficient (Wildman–Crippen LogP) is -0.178. The van der Waals surface area contributed by atoms with E-state index in [2.05, 4.69) is 6.07 Å². The number of aliphatic hydroxyl groups is 1. The fourth-order valence-corrected chi connectivity index (χ4v) is 3.15. The summed E-state index contributed by atoms with van der Waals surface area (Å²) in [7, 11) is 0. The average Bonchev–Trinajstić information content (AvgIpc) is 2.68. The minimum absolute atomic E-state index is 0.0509. The summed E-state index contributed by atoms with van der Waals surface area (Å²) in [6.07, 6.45) is 0.333. The van der Waals surface area contributed by atoms with Crippen LogP contribution in [0.5, 0.6) is 0 Å². The molecule has 3 aliphatic rings. The molecule has 2 aliphatic carbocycles. The lowest BCUT2D eigenvalue weighted by molar-refractivity contribution is -0.147. The Morgan fingerprint density at radius 1 is 1.69 bits per heavy atom. The van der Waals surface area contributed by atoms with Crippen molar-refractivity contribution in [2.75, 3.05) is 0 Å². The van der Waals surface area contributed by atoms with E-state index in [-0.39, 0.29) is 11.8 Å². The Hall–Kier alpha value is -1.08. The molecule has 2 saturated carbocycles. The van der Waals surface area contributed by atoms with Crippen molar-refractivity contribution in [3.05, 3.63) is 0 Å². The third-order valence-corrected chi connectivity index (χ3v) is 3.80. The molecule has 2 bridgehead atoms. The molecule has 1 N–H and O–H groups in total. The number of hydrogen-bond donors (Lipinski definition) is 1. The smallest absolute Gasteiger partial charge is 0.327 e. The normalized spacial score (nSPS) is 56.5. The van der Waals surface area contributed by atoms with E-state index < -0.39 is 23.6 Å². The lowest BCUT2D eigenvalue weighted by atomic mass is 9.75. The number of carbonyl (C=O) groups excluding carboxylic acids is 1. The predicted molar refractivity (Wildman–Crippen MR) is 40.1 cm³/mol. The summed E-state index contributed by atoms with van der Waals surface area (Å²) in [5.41, 5.74) is -0.908. The van der Waals surface area contributed by atoms with Crippen molar-refractivity contribution >= 4 is 5.97 Å². The number of nitrogens with zero attached hydrogens (tertiary/aromatic N) is 1. The molecule has 3 rings (SSSR count). The number of hydrogen-bond acceptors (Lipinski definition) is 4. The van der Waals surface area contributed by atoms with Crippen LogP contribution >= 0.6 is 0 Å². The average molecular weight is 179 g/mol. The highest BCUT2D eigenvalue weighted by atomic mass is 16.6. The van der Waals surface area contributed by atoms with E-state index in [0.29, 0.717) is 6.42 Å². The van der Waals surface area contributed by atoms with Crippen LogP contribution in [-0.2, 0) is 9.53 Å². The number of aliphatic hydroxyl groups excluding tert-OH is 1. The summed E-state index contributed by atoms with van der Waals surface area (Å²) in [6, 6.07) is 2.08. The SMILES string of the molecule is N#CC12C[C@@H]3CC1C(OC2=O)C3O. The molecule has 4 unspecified atom stereocenters. The first-order valence-corrected chi connectivity index (χ1v) is 4.49. The van der Waals surface area contributed by atoms with Gasteiger partial charge < -0.3 is 9.84 Å². The first-order chi connectivity index (χ1) is 6.19. The van der Waals surface area contributed by atoms with Crippen molar-refractivity contribution in [1.82, 2.24) is 0 Å². The van der Waals surface area contributed by atoms with Gasteiger partial charge in [0.25, 0.3) is 0 Å². The minimum Gasteiger partial charge on any atom is -0.458 e. The highest BCUT2D eigenvalue weighted by Gasteiger charge is 2.70. The molecule has 1 aliphatic heterocycles. The quantitative estimate of drug-likeness (QED) is 0.524. The molecule has 68 valence electrons. The molecule has 0 radical (unpaired) electrons. The molecule has 4 heteroatoms. The summed E-state index contributed by atoms with van der Waals surface area (Å²) in [5, 5.41) is 18.6. The van der Waals surface area contributed by atoms with Gasteiger partial charge in [-0.05, 0) is 18.8 Å². The molecule has 4 nitrogen and oxygen atoms in total. The summed E-state index contributed by atoms with van der Waals surface area (Å²) < 4.78 is 5.03. The van der Waals surface area contributed by atoms with Crippen LogP contribution in [0.3, 0.4) is 0 Å². The molecule has 0 aromatic carbocycles. The van der Waals surface area contributed by atoms with E-state index in [1.165, 1.54) is 0 Å². The van der Waals surface area contributed by atoms with Crippen molar-refractivity contribution in [3.8, 4) is 6.07 Å². The highest BCUT2D eigenvalue weighted by molar-refractivity contribution is 5.84. The van der Waals surface area contributed by atoms with E-state index >= 15 is 0 Å². The molecule has 0 amide bonds. The summed E-state index contributed by atoms with van der Waals surface area (Å²) in [5.74, 6) is -0.366. The Balaban J connectivity index is 2.12. The maximum Gasteiger partial charge on any atom is 0.327 e. The second-order valence-electron chi connectivity index (χ2n) is 4.25. The zero-order valence-electron chi connectivity index (χ0n) is 6.93. The topological polar surface area (TPSA) is 70.3 Å². The van der Waals surface area contributed by atoms with Crippen molar-refractivity contribution < 1.29 is 14.6 Å². The van der Waals surface area contributed by atoms with Crippen molar-refractivity contribution in [1.29, 1.82) is 5.26 Å². The second kappa shape index (κ2) is 1.88. The Labute approximate surface area is 75.1 Å². The fraction of sp³-hybridized carbons (Fsp3) is 0.778. The Morgan fingerprint density at radius 3 is 3.08 bits per heavy atom. The van der Waals surface area contributed by atoms with E-state index in [4.69, 9.17) is 10.00 Å². The molecule has 13 heavy (non-hydrogen) atoms. The number of esters is 1. The summed E-state index contributed by atoms with van der Waals surface area (Å²) in [6.45, 7) is 0. The van der Waals surface area contributed by atoms with Crippen LogP contribution in [0.25, 0.3) is 0 Å². The molecule has 0 aromatic heterocycles. The first-order valence-electron chi connectivity index (χ1n) is 4.49. The van der Waals surface area contributed by atoms with Gasteiger partial charge >= 0.3 is 5.97 Å². The molecule has 3 fully saturated rings. The van der Waals surface area contributed by atoms with Gasteiger partial charge in [0.15, 0.2) is 5.41 Å². The standard InChI is InChI=1S/C9H9NO3/c10-3-9-2-4-1-5(9)7(6(4)11)13-8(9)12/h4-7,11H,1-2H2/t4-,5?,6?,7?,9?/m0/s1. The number of fused-ring (bicyclic) bond motifs is 1. The van der Waals surface area contributed by atoms with Gasteiger partial charge in [-0.15, -0.1) is 0 Å². The number of rotatable bonds is 0. The molecular formula is C9H9NO3. The summed E-state index contributed by atoms with van der Waals surface area (Å²) in [4.78, 5) is 11.4. The third kappa shape index (κ3) is 0.574. The fourth-order valence-electron chi connectivity index (χ4n) is 3.15. The zero-order chi connectivity index (χ0) is 9.22. The molecular weight excluding hydrogens is 170 g/mol. The Kier molecular flexibility index (Phi) is 1.06. The van der Waals surface area contributed by atoms with Crippen molar-refractivity contribution in [3.63, 3.8) is 0 Å². The first kappa shape index (κ1) is 7.34. The van der Waals surface area contributed by atoms with Gasteiger partial charge in [0.1, 0.15) is 6.10 Å². The van der Waals surface area contributed by atoms with E-state index in [1.54, 1.807) is 0 Å². The lowest BCUT2D eigenvalue weighted by Gasteiger charge is -2.23. The van der Waals surface area contributed by atoms with Gasteiger partial charge in [-0.1, -0.05) is 0 Å². The van der Waals surface area contributed by atoms with Crippen molar-refractivity contribution in [2.24, 2.45) is 17.3 Å². The van der Waals surface area contributed by atoms with Gasteiger partial charge in [0.05, 0.1) is 12.2 Å². The number of carbonyl (C=O) groups is 1. The van der Waals surface area contributed by atoms with E-state index in [0.717, 1.165) is 6.42 Å². The van der Waals surface area contributed by atoms with Crippen molar-refractivity contribution in [2.45, 2.75) is 25.0 Å². The van der Waals surface area contributed by atoms with Crippen LogP contribution in [0.2, 0.25) is 0 Å². The molecule has 1 heterocycles. The molecule has 1 saturated heterocycles. The maximum atomic E-state index is 11.4. The van der Waals surface area contributed by atoms with Crippen LogP contribution in [-0.4, -0.2) is 23.3 Å². The molecule has 5 atom stereocenters. The van der Waals surface area contributed by atoms with Gasteiger partial charge in [0, 0.05) is 5.92 Å².